The van der Waals surface area contributed by atoms with E-state index in [0.717, 1.165) is 54.8 Å². The summed E-state index contributed by atoms with van der Waals surface area (Å²) in [5, 5.41) is 10.4. The molecule has 2 aromatic carbocycles. The molecule has 3 aromatic rings. The molecule has 28 heavy (non-hydrogen) atoms. The number of carbonyl (C=O) groups is 1. The predicted octanol–water partition coefficient (Wildman–Crippen LogP) is 3.89. The van der Waals surface area contributed by atoms with Gasteiger partial charge >= 0.3 is 0 Å². The van der Waals surface area contributed by atoms with Gasteiger partial charge in [-0.05, 0) is 31.5 Å². The molecule has 1 aromatic heterocycles. The zero-order valence-electron chi connectivity index (χ0n) is 16.1. The molecule has 0 spiro atoms. The number of anilines is 1. The summed E-state index contributed by atoms with van der Waals surface area (Å²) >= 11 is 0. The summed E-state index contributed by atoms with van der Waals surface area (Å²) in [4.78, 5) is 17.5. The molecule has 2 heterocycles. The number of aromatic nitrogens is 1. The predicted molar refractivity (Wildman–Crippen MR) is 112 cm³/mol. The molecule has 0 unspecified atom stereocenters. The van der Waals surface area contributed by atoms with E-state index in [4.69, 9.17) is 0 Å². The monoisotopic (exact) mass is 372 g/mol. The summed E-state index contributed by atoms with van der Waals surface area (Å²) in [7, 11) is 0. The van der Waals surface area contributed by atoms with E-state index in [2.05, 4.69) is 28.5 Å². The van der Waals surface area contributed by atoms with Crippen molar-refractivity contribution in [2.45, 2.75) is 19.9 Å². The Morgan fingerprint density at radius 2 is 1.82 bits per heavy atom. The minimum absolute atomic E-state index is 0.0961. The van der Waals surface area contributed by atoms with Gasteiger partial charge in [-0.2, -0.15) is 5.26 Å². The number of hydrogen-bond acceptors (Lipinski definition) is 3. The lowest BCUT2D eigenvalue weighted by atomic mass is 10.1. The molecule has 4 rings (SSSR count). The van der Waals surface area contributed by atoms with Gasteiger partial charge in [0.25, 0.3) is 5.91 Å². The first kappa shape index (κ1) is 18.1. The molecule has 1 aliphatic heterocycles. The number of aryl methyl sites for hydroxylation is 1. The van der Waals surface area contributed by atoms with Crippen LogP contribution in [0.25, 0.3) is 10.9 Å². The van der Waals surface area contributed by atoms with E-state index in [9.17, 15) is 10.1 Å². The van der Waals surface area contributed by atoms with Crippen molar-refractivity contribution in [3.63, 3.8) is 0 Å². The van der Waals surface area contributed by atoms with Crippen LogP contribution in [-0.4, -0.2) is 41.6 Å². The smallest absolute Gasteiger partial charge is 0.256 e. The van der Waals surface area contributed by atoms with Crippen LogP contribution in [0.5, 0.6) is 0 Å². The number of benzene rings is 2. The van der Waals surface area contributed by atoms with Crippen LogP contribution in [0.1, 0.15) is 29.3 Å². The second-order valence-electron chi connectivity index (χ2n) is 7.11. The third-order valence-corrected chi connectivity index (χ3v) is 5.51. The first-order chi connectivity index (χ1) is 13.7. The molecule has 0 radical (unpaired) electrons. The minimum Gasteiger partial charge on any atom is -0.369 e. The zero-order valence-corrected chi connectivity index (χ0v) is 16.1. The highest BCUT2D eigenvalue weighted by atomic mass is 16.2. The molecule has 1 aliphatic rings. The maximum Gasteiger partial charge on any atom is 0.256 e. The number of para-hydroxylation sites is 2. The topological polar surface area (TPSA) is 52.3 Å². The largest absolute Gasteiger partial charge is 0.369 e. The molecule has 5 heteroatoms. The van der Waals surface area contributed by atoms with Gasteiger partial charge in [0, 0.05) is 49.8 Å². The summed E-state index contributed by atoms with van der Waals surface area (Å²) < 4.78 is 2.13. The molecular weight excluding hydrogens is 348 g/mol. The van der Waals surface area contributed by atoms with E-state index < -0.39 is 0 Å². The molecule has 0 saturated carbocycles. The van der Waals surface area contributed by atoms with Crippen LogP contribution >= 0.6 is 0 Å². The van der Waals surface area contributed by atoms with Crippen LogP contribution < -0.4 is 4.90 Å². The van der Waals surface area contributed by atoms with Crippen LogP contribution in [0, 0.1) is 11.3 Å². The van der Waals surface area contributed by atoms with E-state index in [1.165, 1.54) is 0 Å². The quantitative estimate of drug-likeness (QED) is 0.701. The van der Waals surface area contributed by atoms with Crippen LogP contribution in [0.15, 0.2) is 54.7 Å². The Morgan fingerprint density at radius 3 is 2.64 bits per heavy atom. The Kier molecular flexibility index (Phi) is 5.03. The van der Waals surface area contributed by atoms with Crippen LogP contribution in [-0.2, 0) is 6.54 Å². The van der Waals surface area contributed by atoms with Crippen molar-refractivity contribution in [3.05, 3.63) is 65.9 Å². The van der Waals surface area contributed by atoms with E-state index in [-0.39, 0.29) is 5.91 Å². The maximum atomic E-state index is 13.3. The molecular formula is C23H24N4O. The fourth-order valence-electron chi connectivity index (χ4n) is 4.05. The Hall–Kier alpha value is -3.26. The first-order valence-electron chi connectivity index (χ1n) is 9.84. The zero-order chi connectivity index (χ0) is 19.5. The number of amides is 1. The number of hydrogen-bond donors (Lipinski definition) is 0. The van der Waals surface area contributed by atoms with Gasteiger partial charge in [-0.15, -0.1) is 0 Å². The summed E-state index contributed by atoms with van der Waals surface area (Å²) in [6.45, 7) is 5.90. The van der Waals surface area contributed by atoms with Crippen molar-refractivity contribution < 1.29 is 4.79 Å². The third kappa shape index (κ3) is 3.22. The van der Waals surface area contributed by atoms with E-state index in [1.54, 1.807) is 0 Å². The summed E-state index contributed by atoms with van der Waals surface area (Å²) in [5.74, 6) is 0.0961. The summed E-state index contributed by atoms with van der Waals surface area (Å²) in [6.07, 6.45) is 2.87. The highest BCUT2D eigenvalue weighted by Gasteiger charge is 2.24. The number of rotatable bonds is 3. The number of nitriles is 1. The van der Waals surface area contributed by atoms with Crippen molar-refractivity contribution in [2.75, 3.05) is 31.1 Å². The summed E-state index contributed by atoms with van der Waals surface area (Å²) in [5.41, 5.74) is 3.53. The maximum absolute atomic E-state index is 13.3. The van der Waals surface area contributed by atoms with Crippen molar-refractivity contribution >= 4 is 22.5 Å². The lowest BCUT2D eigenvalue weighted by molar-refractivity contribution is 0.0769. The van der Waals surface area contributed by atoms with Gasteiger partial charge in [0.1, 0.15) is 6.07 Å². The van der Waals surface area contributed by atoms with Gasteiger partial charge in [-0.1, -0.05) is 30.3 Å². The molecule has 142 valence electrons. The van der Waals surface area contributed by atoms with Crippen LogP contribution in [0.3, 0.4) is 0 Å². The van der Waals surface area contributed by atoms with E-state index in [1.807, 2.05) is 53.6 Å². The summed E-state index contributed by atoms with van der Waals surface area (Å²) in [6, 6.07) is 18.1. The Labute approximate surface area is 165 Å². The Balaban J connectivity index is 1.57. The third-order valence-electron chi connectivity index (χ3n) is 5.51. The average molecular weight is 372 g/mol. The first-order valence-corrected chi connectivity index (χ1v) is 9.84. The SMILES string of the molecule is CCn1cc(C(=O)N2CCCN(c3ccccc3C#N)CC2)c2ccccc21. The lowest BCUT2D eigenvalue weighted by Crippen LogP contribution is -2.35. The molecule has 1 amide bonds. The van der Waals surface area contributed by atoms with Crippen molar-refractivity contribution in [3.8, 4) is 6.07 Å². The Morgan fingerprint density at radius 1 is 1.04 bits per heavy atom. The fourth-order valence-corrected chi connectivity index (χ4v) is 4.05. The highest BCUT2D eigenvalue weighted by molar-refractivity contribution is 6.07. The fraction of sp³-hybridized carbons (Fsp3) is 0.304. The van der Waals surface area contributed by atoms with Gasteiger partial charge in [0.05, 0.1) is 16.8 Å². The van der Waals surface area contributed by atoms with E-state index in [0.29, 0.717) is 12.1 Å². The van der Waals surface area contributed by atoms with Crippen molar-refractivity contribution in [2.24, 2.45) is 0 Å². The number of nitrogens with zero attached hydrogens (tertiary/aromatic N) is 4. The number of fused-ring (bicyclic) bond motifs is 1. The molecule has 1 saturated heterocycles. The second kappa shape index (κ2) is 7.77. The van der Waals surface area contributed by atoms with Crippen molar-refractivity contribution in [1.29, 1.82) is 5.26 Å². The molecule has 0 bridgehead atoms. The van der Waals surface area contributed by atoms with Gasteiger partial charge in [-0.3, -0.25) is 4.79 Å². The highest BCUT2D eigenvalue weighted by Crippen LogP contribution is 2.25. The Bertz CT molecular complexity index is 1050. The molecule has 0 aliphatic carbocycles. The number of carbonyl (C=O) groups excluding carboxylic acids is 1. The standard InChI is InChI=1S/C23H24N4O/c1-2-25-17-20(19-9-4-6-11-22(19)25)23(28)27-13-7-12-26(14-15-27)21-10-5-3-8-18(21)16-24/h3-6,8-11,17H,2,7,12-15H2,1H3. The lowest BCUT2D eigenvalue weighted by Gasteiger charge is -2.24. The normalized spacial score (nSPS) is 14.7. The minimum atomic E-state index is 0.0961. The van der Waals surface area contributed by atoms with Gasteiger partial charge < -0.3 is 14.4 Å². The van der Waals surface area contributed by atoms with Gasteiger partial charge in [0.15, 0.2) is 0 Å². The van der Waals surface area contributed by atoms with Crippen molar-refractivity contribution in [1.82, 2.24) is 9.47 Å². The van der Waals surface area contributed by atoms with Crippen LogP contribution in [0.2, 0.25) is 0 Å². The molecule has 0 N–H and O–H groups in total. The molecule has 0 atom stereocenters. The average Bonchev–Trinajstić information content (AvgIpc) is 2.94. The molecule has 1 fully saturated rings. The van der Waals surface area contributed by atoms with Crippen LogP contribution in [0.4, 0.5) is 5.69 Å². The van der Waals surface area contributed by atoms with Gasteiger partial charge in [-0.25, -0.2) is 0 Å². The second-order valence-corrected chi connectivity index (χ2v) is 7.11. The van der Waals surface area contributed by atoms with E-state index >= 15 is 0 Å². The molecule has 5 nitrogen and oxygen atoms in total. The van der Waals surface area contributed by atoms with Gasteiger partial charge in [0.2, 0.25) is 0 Å².